The first kappa shape index (κ1) is 5.81. The maximum absolute atomic E-state index is 10.6. The summed E-state index contributed by atoms with van der Waals surface area (Å²) in [4.78, 5) is 3.61. The lowest BCUT2D eigenvalue weighted by Gasteiger charge is -2.02. The van der Waals surface area contributed by atoms with E-state index >= 15 is 0 Å². The van der Waals surface area contributed by atoms with Gasteiger partial charge in [0.1, 0.15) is 6.20 Å². The van der Waals surface area contributed by atoms with Crippen molar-refractivity contribution in [3.05, 3.63) is 23.2 Å². The van der Waals surface area contributed by atoms with Crippen LogP contribution in [0.2, 0.25) is 0 Å². The zero-order valence-electron chi connectivity index (χ0n) is 5.03. The van der Waals surface area contributed by atoms with Crippen LogP contribution < -0.4 is 10.5 Å². The maximum atomic E-state index is 10.6. The molecule has 0 aliphatic rings. The lowest BCUT2D eigenvalue weighted by atomic mass is 10.4. The van der Waals surface area contributed by atoms with Crippen LogP contribution in [0.25, 0.3) is 0 Å². The van der Waals surface area contributed by atoms with Gasteiger partial charge in [-0.25, -0.2) is 4.73 Å². The van der Waals surface area contributed by atoms with E-state index in [-0.39, 0.29) is 5.95 Å². The molecule has 0 aliphatic heterocycles. The minimum Gasteiger partial charge on any atom is -0.740 e. The average molecular weight is 125 g/mol. The molecule has 0 atom stereocenters. The minimum atomic E-state index is -0.0133. The molecular formula is C5H7N3O. The van der Waals surface area contributed by atoms with E-state index in [0.717, 1.165) is 5.56 Å². The Bertz CT molecular complexity index is 223. The van der Waals surface area contributed by atoms with E-state index in [9.17, 15) is 5.21 Å². The van der Waals surface area contributed by atoms with E-state index in [2.05, 4.69) is 4.98 Å². The molecule has 0 unspecified atom stereocenters. The molecule has 48 valence electrons. The molecule has 1 aromatic heterocycles. The fourth-order valence-electron chi connectivity index (χ4n) is 0.509. The first-order chi connectivity index (χ1) is 4.20. The van der Waals surface area contributed by atoms with Gasteiger partial charge in [0.15, 0.2) is 0 Å². The maximum Gasteiger partial charge on any atom is 0.389 e. The molecule has 0 aromatic carbocycles. The third-order valence-corrected chi connectivity index (χ3v) is 0.947. The Kier molecular flexibility index (Phi) is 1.22. The summed E-state index contributed by atoms with van der Waals surface area (Å²) in [5.41, 5.74) is 5.93. The van der Waals surface area contributed by atoms with Gasteiger partial charge in [0.25, 0.3) is 0 Å². The topological polar surface area (TPSA) is 65.8 Å². The SMILES string of the molecule is Cc1cnc(N)[n+]([O-])c1. The van der Waals surface area contributed by atoms with Crippen molar-refractivity contribution in [1.29, 1.82) is 0 Å². The van der Waals surface area contributed by atoms with E-state index in [1.165, 1.54) is 6.20 Å². The number of rotatable bonds is 0. The molecule has 1 heterocycles. The number of nitrogen functional groups attached to an aromatic ring is 1. The van der Waals surface area contributed by atoms with Gasteiger partial charge in [-0.3, -0.25) is 5.73 Å². The Morgan fingerprint density at radius 1 is 1.78 bits per heavy atom. The van der Waals surface area contributed by atoms with E-state index in [0.29, 0.717) is 4.73 Å². The zero-order chi connectivity index (χ0) is 6.85. The first-order valence-corrected chi connectivity index (χ1v) is 2.51. The molecule has 0 amide bonds. The number of hydrogen-bond acceptors (Lipinski definition) is 3. The molecule has 9 heavy (non-hydrogen) atoms. The monoisotopic (exact) mass is 125 g/mol. The molecular weight excluding hydrogens is 118 g/mol. The fraction of sp³-hybridized carbons (Fsp3) is 0.200. The van der Waals surface area contributed by atoms with Crippen molar-refractivity contribution < 1.29 is 4.73 Å². The van der Waals surface area contributed by atoms with E-state index < -0.39 is 0 Å². The Morgan fingerprint density at radius 2 is 2.44 bits per heavy atom. The quantitative estimate of drug-likeness (QED) is 0.379. The Balaban J connectivity index is 3.17. The second kappa shape index (κ2) is 1.89. The highest BCUT2D eigenvalue weighted by atomic mass is 16.5. The lowest BCUT2D eigenvalue weighted by molar-refractivity contribution is -0.593. The van der Waals surface area contributed by atoms with Gasteiger partial charge in [-0.15, -0.1) is 0 Å². The minimum absolute atomic E-state index is 0.0133. The molecule has 0 bridgehead atoms. The molecule has 1 aromatic rings. The number of aromatic nitrogens is 2. The van der Waals surface area contributed by atoms with Crippen molar-refractivity contribution in [3.8, 4) is 0 Å². The van der Waals surface area contributed by atoms with Crippen LogP contribution >= 0.6 is 0 Å². The molecule has 0 fully saturated rings. The van der Waals surface area contributed by atoms with Crippen molar-refractivity contribution in [3.63, 3.8) is 0 Å². The molecule has 0 spiro atoms. The third kappa shape index (κ3) is 1.07. The summed E-state index contributed by atoms with van der Waals surface area (Å²) >= 11 is 0. The van der Waals surface area contributed by atoms with Gasteiger partial charge < -0.3 is 5.21 Å². The van der Waals surface area contributed by atoms with Crippen molar-refractivity contribution >= 4 is 5.95 Å². The van der Waals surface area contributed by atoms with Crippen molar-refractivity contribution in [2.75, 3.05) is 5.73 Å². The van der Waals surface area contributed by atoms with Crippen molar-refractivity contribution in [2.45, 2.75) is 6.92 Å². The Labute approximate surface area is 52.5 Å². The van der Waals surface area contributed by atoms with Crippen LogP contribution in [-0.4, -0.2) is 4.98 Å². The van der Waals surface area contributed by atoms with Crippen molar-refractivity contribution in [1.82, 2.24) is 4.98 Å². The average Bonchev–Trinajstić information content (AvgIpc) is 1.80. The molecule has 4 heteroatoms. The van der Waals surface area contributed by atoms with Gasteiger partial charge in [0, 0.05) is 5.56 Å². The van der Waals surface area contributed by atoms with Crippen LogP contribution in [0.15, 0.2) is 12.4 Å². The van der Waals surface area contributed by atoms with Crippen LogP contribution in [0.1, 0.15) is 5.56 Å². The summed E-state index contributed by atoms with van der Waals surface area (Å²) in [7, 11) is 0. The summed E-state index contributed by atoms with van der Waals surface area (Å²) in [6, 6.07) is 0. The van der Waals surface area contributed by atoms with Gasteiger partial charge in [0.05, 0.1) is 6.20 Å². The zero-order valence-corrected chi connectivity index (χ0v) is 5.03. The highest BCUT2D eigenvalue weighted by Gasteiger charge is 1.95. The van der Waals surface area contributed by atoms with Gasteiger partial charge in [-0.1, -0.05) is 4.98 Å². The lowest BCUT2D eigenvalue weighted by Crippen LogP contribution is -2.31. The molecule has 2 N–H and O–H groups in total. The second-order valence-electron chi connectivity index (χ2n) is 1.82. The van der Waals surface area contributed by atoms with Crippen LogP contribution in [0, 0.1) is 12.1 Å². The van der Waals surface area contributed by atoms with Gasteiger partial charge >= 0.3 is 5.95 Å². The summed E-state index contributed by atoms with van der Waals surface area (Å²) in [5, 5.41) is 10.6. The Hall–Kier alpha value is -1.32. The van der Waals surface area contributed by atoms with Crippen LogP contribution in [-0.2, 0) is 0 Å². The molecule has 1 rings (SSSR count). The van der Waals surface area contributed by atoms with Gasteiger partial charge in [-0.05, 0) is 6.92 Å². The molecule has 0 saturated carbocycles. The van der Waals surface area contributed by atoms with Crippen LogP contribution in [0.4, 0.5) is 5.95 Å². The highest BCUT2D eigenvalue weighted by molar-refractivity contribution is 5.08. The van der Waals surface area contributed by atoms with Crippen molar-refractivity contribution in [2.24, 2.45) is 0 Å². The largest absolute Gasteiger partial charge is 0.740 e. The Morgan fingerprint density at radius 3 is 2.89 bits per heavy atom. The summed E-state index contributed by atoms with van der Waals surface area (Å²) < 4.78 is 0.537. The summed E-state index contributed by atoms with van der Waals surface area (Å²) in [6.07, 6.45) is 2.92. The van der Waals surface area contributed by atoms with Crippen LogP contribution in [0.5, 0.6) is 0 Å². The number of nitrogens with zero attached hydrogens (tertiary/aromatic N) is 2. The summed E-state index contributed by atoms with van der Waals surface area (Å²) in [5.74, 6) is -0.0133. The molecule has 4 nitrogen and oxygen atoms in total. The second-order valence-corrected chi connectivity index (χ2v) is 1.82. The predicted octanol–water partition coefficient (Wildman–Crippen LogP) is -0.394. The normalized spacial score (nSPS) is 9.44. The number of aryl methyl sites for hydroxylation is 1. The van der Waals surface area contributed by atoms with Crippen LogP contribution in [0.3, 0.4) is 0 Å². The standard InChI is InChI=1S/C5H7N3O/c1-4-2-7-5(6)8(9)3-4/h2-3H,1H3,(H2,6,7). The third-order valence-electron chi connectivity index (χ3n) is 0.947. The first-order valence-electron chi connectivity index (χ1n) is 2.51. The molecule has 0 radical (unpaired) electrons. The number of nitrogens with two attached hydrogens (primary N) is 1. The van der Waals surface area contributed by atoms with Gasteiger partial charge in [-0.2, -0.15) is 0 Å². The number of anilines is 1. The molecule has 0 aliphatic carbocycles. The summed E-state index contributed by atoms with van der Waals surface area (Å²) in [6.45, 7) is 1.78. The molecule has 0 saturated heterocycles. The smallest absolute Gasteiger partial charge is 0.389 e. The number of hydrogen-bond donors (Lipinski definition) is 1. The fourth-order valence-corrected chi connectivity index (χ4v) is 0.509. The predicted molar refractivity (Wildman–Crippen MR) is 32.3 cm³/mol. The van der Waals surface area contributed by atoms with E-state index in [4.69, 9.17) is 5.73 Å². The van der Waals surface area contributed by atoms with E-state index in [1.807, 2.05) is 0 Å². The highest BCUT2D eigenvalue weighted by Crippen LogP contribution is 1.89. The van der Waals surface area contributed by atoms with E-state index in [1.54, 1.807) is 13.1 Å². The van der Waals surface area contributed by atoms with Gasteiger partial charge in [0.2, 0.25) is 0 Å².